The van der Waals surface area contributed by atoms with Crippen LogP contribution in [0.1, 0.15) is 52.8 Å². The maximum Gasteiger partial charge on any atom is 0.534 e. The molecule has 1 heterocycles. The van der Waals surface area contributed by atoms with E-state index in [0.717, 1.165) is 11.6 Å². The van der Waals surface area contributed by atoms with E-state index in [1.54, 1.807) is 20.8 Å². The predicted molar refractivity (Wildman–Crippen MR) is 145 cm³/mol. The number of fused-ring (bicyclic) bond motifs is 1. The van der Waals surface area contributed by atoms with Crippen LogP contribution in [-0.2, 0) is 21.3 Å². The second kappa shape index (κ2) is 10.3. The summed E-state index contributed by atoms with van der Waals surface area (Å²) in [5.41, 5.74) is -3.21. The lowest BCUT2D eigenvalue weighted by atomic mass is 9.87. The molecule has 0 saturated carbocycles. The third-order valence-electron chi connectivity index (χ3n) is 5.53. The highest BCUT2D eigenvalue weighted by Gasteiger charge is 2.48. The van der Waals surface area contributed by atoms with Gasteiger partial charge in [0.15, 0.2) is 0 Å². The summed E-state index contributed by atoms with van der Waals surface area (Å²) in [6, 6.07) is 11.1. The molecule has 0 aliphatic carbocycles. The number of ether oxygens (including phenoxy) is 1. The Bertz CT molecular complexity index is 1490. The van der Waals surface area contributed by atoms with E-state index >= 15 is 0 Å². The van der Waals surface area contributed by atoms with Crippen LogP contribution in [0.2, 0.25) is 0 Å². The van der Waals surface area contributed by atoms with E-state index in [0.29, 0.717) is 39.8 Å². The van der Waals surface area contributed by atoms with Gasteiger partial charge in [-0.3, -0.25) is 9.88 Å². The molecule has 0 unspecified atom stereocenters. The number of benzene rings is 2. The van der Waals surface area contributed by atoms with Crippen molar-refractivity contribution in [3.05, 3.63) is 53.7 Å². The topological polar surface area (TPSA) is 85.8 Å². The van der Waals surface area contributed by atoms with Gasteiger partial charge in [0.05, 0.1) is 16.9 Å². The molecule has 1 amide bonds. The Kier molecular flexibility index (Phi) is 8.00. The fourth-order valence-electron chi connectivity index (χ4n) is 3.93. The first kappa shape index (κ1) is 30.2. The van der Waals surface area contributed by atoms with Crippen molar-refractivity contribution >= 4 is 32.8 Å². The summed E-state index contributed by atoms with van der Waals surface area (Å²) in [5.74, 6) is -0.538. The number of pyridine rings is 1. The lowest BCUT2D eigenvalue weighted by Gasteiger charge is -2.30. The number of aromatic nitrogens is 1. The lowest BCUT2D eigenvalue weighted by molar-refractivity contribution is -0.0500. The number of alkyl halides is 3. The minimum Gasteiger partial charge on any atom is -0.443 e. The van der Waals surface area contributed by atoms with Crippen molar-refractivity contribution in [2.24, 2.45) is 5.41 Å². The van der Waals surface area contributed by atoms with Crippen LogP contribution >= 0.6 is 0 Å². The van der Waals surface area contributed by atoms with Gasteiger partial charge in [-0.15, -0.1) is 0 Å². The zero-order valence-electron chi connectivity index (χ0n) is 23.2. The van der Waals surface area contributed by atoms with Gasteiger partial charge in [-0.25, -0.2) is 4.79 Å². The van der Waals surface area contributed by atoms with Crippen molar-refractivity contribution in [1.82, 2.24) is 4.98 Å². The average Bonchev–Trinajstić information content (AvgIpc) is 2.75. The van der Waals surface area contributed by atoms with Crippen molar-refractivity contribution in [3.63, 3.8) is 0 Å². The molecule has 3 rings (SSSR count). The smallest absolute Gasteiger partial charge is 0.443 e. The van der Waals surface area contributed by atoms with Crippen molar-refractivity contribution < 1.29 is 35.3 Å². The van der Waals surface area contributed by atoms with Gasteiger partial charge in [0.25, 0.3) is 0 Å². The van der Waals surface area contributed by atoms with Gasteiger partial charge in [-0.2, -0.15) is 21.6 Å². The van der Waals surface area contributed by atoms with Gasteiger partial charge < -0.3 is 8.92 Å². The summed E-state index contributed by atoms with van der Waals surface area (Å²) in [5, 5.41) is 0.303. The maximum atomic E-state index is 13.3. The Morgan fingerprint density at radius 1 is 0.974 bits per heavy atom. The second-order valence-electron chi connectivity index (χ2n) is 11.6. The van der Waals surface area contributed by atoms with Crippen molar-refractivity contribution in [2.75, 3.05) is 11.9 Å². The number of nitrogens with zero attached hydrogens (tertiary/aromatic N) is 2. The van der Waals surface area contributed by atoms with Crippen molar-refractivity contribution in [3.8, 4) is 16.9 Å². The molecule has 0 aliphatic rings. The quantitative estimate of drug-likeness (QED) is 0.236. The molecule has 0 radical (unpaired) electrons. The highest BCUT2D eigenvalue weighted by Crippen LogP contribution is 2.42. The summed E-state index contributed by atoms with van der Waals surface area (Å²) in [7, 11) is -4.36. The fraction of sp³-hybridized carbons (Fsp3) is 0.429. The molecule has 39 heavy (non-hydrogen) atoms. The highest BCUT2D eigenvalue weighted by molar-refractivity contribution is 7.88. The van der Waals surface area contributed by atoms with Crippen LogP contribution in [0.25, 0.3) is 22.0 Å². The Morgan fingerprint density at radius 3 is 2.08 bits per heavy atom. The third-order valence-corrected chi connectivity index (χ3v) is 6.51. The fourth-order valence-corrected chi connectivity index (χ4v) is 4.38. The van der Waals surface area contributed by atoms with Gasteiger partial charge >= 0.3 is 21.7 Å². The number of halogens is 3. The number of amides is 1. The molecule has 11 heteroatoms. The molecule has 0 spiro atoms. The molecule has 0 saturated heterocycles. The predicted octanol–water partition coefficient (Wildman–Crippen LogP) is 7.40. The Balaban J connectivity index is 2.41. The van der Waals surface area contributed by atoms with E-state index in [4.69, 9.17) is 9.72 Å². The zero-order valence-corrected chi connectivity index (χ0v) is 24.0. The Labute approximate surface area is 227 Å². The maximum absolute atomic E-state index is 13.3. The standard InChI is InChI=1S/C28H33F3N2O5S/c1-17-9-11-18(12-10-17)23-20-15-19(38-39(35,36)28(29,30)31)13-14-21(20)32-22(16-26(2,3)4)24(23)33(8)25(34)37-27(5,6)7/h9-15H,16H2,1-8H3. The first-order valence-corrected chi connectivity index (χ1v) is 13.6. The molecular weight excluding hydrogens is 533 g/mol. The molecule has 0 atom stereocenters. The van der Waals surface area contributed by atoms with Crippen molar-refractivity contribution in [1.29, 1.82) is 0 Å². The minimum atomic E-state index is -5.90. The number of anilines is 1. The van der Waals surface area contributed by atoms with E-state index in [1.807, 2.05) is 52.0 Å². The second-order valence-corrected chi connectivity index (χ2v) is 13.1. The molecule has 0 bridgehead atoms. The van der Waals surface area contributed by atoms with Crippen LogP contribution in [0.15, 0.2) is 42.5 Å². The van der Waals surface area contributed by atoms with E-state index < -0.39 is 33.1 Å². The Hall–Kier alpha value is -3.34. The molecule has 1 aromatic heterocycles. The number of carbonyl (C=O) groups is 1. The van der Waals surface area contributed by atoms with Gasteiger partial charge in [-0.1, -0.05) is 50.6 Å². The summed E-state index contributed by atoms with van der Waals surface area (Å²) >= 11 is 0. The first-order valence-electron chi connectivity index (χ1n) is 12.2. The summed E-state index contributed by atoms with van der Waals surface area (Å²) < 4.78 is 72.6. The van der Waals surface area contributed by atoms with E-state index in [-0.39, 0.29) is 5.41 Å². The monoisotopic (exact) mass is 566 g/mol. The number of aryl methyl sites for hydroxylation is 1. The molecule has 7 nitrogen and oxygen atoms in total. The summed E-state index contributed by atoms with van der Waals surface area (Å²) in [6.07, 6.45) is -0.204. The van der Waals surface area contributed by atoms with Crippen LogP contribution in [0.5, 0.6) is 5.75 Å². The van der Waals surface area contributed by atoms with Crippen LogP contribution < -0.4 is 9.08 Å². The van der Waals surface area contributed by atoms with Crippen LogP contribution in [0, 0.1) is 12.3 Å². The summed E-state index contributed by atoms with van der Waals surface area (Å²) in [6.45, 7) is 13.2. The number of carbonyl (C=O) groups excluding carboxylic acids is 1. The van der Waals surface area contributed by atoms with Gasteiger partial charge in [0.2, 0.25) is 0 Å². The molecule has 0 fully saturated rings. The summed E-state index contributed by atoms with van der Waals surface area (Å²) in [4.78, 5) is 19.4. The largest absolute Gasteiger partial charge is 0.534 e. The molecule has 0 aliphatic heterocycles. The SMILES string of the molecule is Cc1ccc(-c2c(N(C)C(=O)OC(C)(C)C)c(CC(C)(C)C)nc3ccc(OS(=O)(=O)C(F)(F)F)cc23)cc1. The van der Waals surface area contributed by atoms with Crippen molar-refractivity contribution in [2.45, 2.75) is 66.0 Å². The molecular formula is C28H33F3N2O5S. The third kappa shape index (κ3) is 7.20. The van der Waals surface area contributed by atoms with Crippen LogP contribution in [-0.4, -0.2) is 37.7 Å². The van der Waals surface area contributed by atoms with E-state index in [1.165, 1.54) is 24.1 Å². The highest BCUT2D eigenvalue weighted by atomic mass is 32.2. The average molecular weight is 567 g/mol. The van der Waals surface area contributed by atoms with Gasteiger partial charge in [0.1, 0.15) is 11.4 Å². The minimum absolute atomic E-state index is 0.251. The van der Waals surface area contributed by atoms with Gasteiger partial charge in [0, 0.05) is 18.0 Å². The normalized spacial score (nSPS) is 12.9. The molecule has 212 valence electrons. The zero-order chi connectivity index (χ0) is 29.6. The van der Waals surface area contributed by atoms with Crippen LogP contribution in [0.3, 0.4) is 0 Å². The van der Waals surface area contributed by atoms with E-state index in [2.05, 4.69) is 4.18 Å². The number of hydrogen-bond acceptors (Lipinski definition) is 6. The Morgan fingerprint density at radius 2 is 1.56 bits per heavy atom. The molecule has 3 aromatic rings. The van der Waals surface area contributed by atoms with Crippen LogP contribution in [0.4, 0.5) is 23.7 Å². The molecule has 2 aromatic carbocycles. The van der Waals surface area contributed by atoms with Gasteiger partial charge in [-0.05, 0) is 63.3 Å². The van der Waals surface area contributed by atoms with E-state index in [9.17, 15) is 26.4 Å². The lowest BCUT2D eigenvalue weighted by Crippen LogP contribution is -2.35. The number of rotatable bonds is 5. The number of hydrogen-bond donors (Lipinski definition) is 0. The first-order chi connectivity index (χ1) is 17.7. The molecule has 0 N–H and O–H groups in total.